The lowest BCUT2D eigenvalue weighted by atomic mass is 9.55. The molecule has 1 saturated heterocycles. The van der Waals surface area contributed by atoms with E-state index in [1.807, 2.05) is 24.3 Å². The first-order valence-corrected chi connectivity index (χ1v) is 16.0. The Bertz CT molecular complexity index is 1750. The van der Waals surface area contributed by atoms with Gasteiger partial charge in [-0.1, -0.05) is 73.2 Å². The summed E-state index contributed by atoms with van der Waals surface area (Å²) in [5, 5.41) is 0. The van der Waals surface area contributed by atoms with Crippen LogP contribution in [0.2, 0.25) is 0 Å². The molecule has 4 aliphatic rings. The Labute approximate surface area is 272 Å². The number of hydrogen-bond donors (Lipinski definition) is 0. The van der Waals surface area contributed by atoms with Crippen molar-refractivity contribution in [3.05, 3.63) is 137 Å². The van der Waals surface area contributed by atoms with Gasteiger partial charge in [0, 0.05) is 30.4 Å². The summed E-state index contributed by atoms with van der Waals surface area (Å²) in [6.45, 7) is -0.0738. The van der Waals surface area contributed by atoms with Crippen LogP contribution in [-0.4, -0.2) is 47.6 Å². The Hall–Kier alpha value is -5.37. The van der Waals surface area contributed by atoms with Crippen LogP contribution in [0.5, 0.6) is 5.75 Å². The molecule has 1 aliphatic heterocycles. The van der Waals surface area contributed by atoms with E-state index in [-0.39, 0.29) is 47.7 Å². The molecule has 0 spiro atoms. The minimum absolute atomic E-state index is 0.0979. The van der Waals surface area contributed by atoms with E-state index in [1.54, 1.807) is 30.3 Å². The van der Waals surface area contributed by atoms with Crippen LogP contribution < -0.4 is 4.74 Å². The van der Waals surface area contributed by atoms with Crippen molar-refractivity contribution in [2.45, 2.75) is 37.5 Å². The van der Waals surface area contributed by atoms with Gasteiger partial charge in [0.05, 0.1) is 17.4 Å². The van der Waals surface area contributed by atoms with Crippen LogP contribution >= 0.6 is 0 Å². The highest BCUT2D eigenvalue weighted by Crippen LogP contribution is 2.60. The zero-order chi connectivity index (χ0) is 32.5. The van der Waals surface area contributed by atoms with Crippen molar-refractivity contribution in [1.82, 2.24) is 4.90 Å². The molecular weight excluding hydrogens is 594 g/mol. The summed E-state index contributed by atoms with van der Waals surface area (Å²) in [7, 11) is 0. The van der Waals surface area contributed by atoms with E-state index in [0.717, 1.165) is 22.3 Å². The monoisotopic (exact) mass is 627 g/mol. The molecule has 8 nitrogen and oxygen atoms in total. The molecule has 236 valence electrons. The molecule has 4 aromatic rings. The van der Waals surface area contributed by atoms with Gasteiger partial charge in [0.1, 0.15) is 5.75 Å². The van der Waals surface area contributed by atoms with Gasteiger partial charge in [0.15, 0.2) is 12.4 Å². The predicted octanol–water partition coefficient (Wildman–Crippen LogP) is 6.08. The molecule has 3 aliphatic carbocycles. The first-order valence-electron chi connectivity index (χ1n) is 16.0. The second kappa shape index (κ2) is 12.8. The molecule has 2 amide bonds. The number of unbranched alkanes of at least 4 members (excludes halogenated alkanes) is 2. The summed E-state index contributed by atoms with van der Waals surface area (Å²) in [5.74, 6) is -2.26. The number of hydrogen-bond acceptors (Lipinski definition) is 7. The molecule has 8 heteroatoms. The lowest BCUT2D eigenvalue weighted by molar-refractivity contribution is -0.143. The van der Waals surface area contributed by atoms with Crippen molar-refractivity contribution in [2.75, 3.05) is 13.2 Å². The zero-order valence-corrected chi connectivity index (χ0v) is 25.7. The van der Waals surface area contributed by atoms with Crippen LogP contribution in [0.1, 0.15) is 80.5 Å². The summed E-state index contributed by atoms with van der Waals surface area (Å²) in [6, 6.07) is 31.0. The van der Waals surface area contributed by atoms with E-state index in [9.17, 15) is 24.0 Å². The number of Topliss-reactive ketones (excluding diaryl/α,β-unsaturated/α-hetero) is 1. The number of esters is 2. The van der Waals surface area contributed by atoms with Crippen molar-refractivity contribution in [2.24, 2.45) is 11.8 Å². The van der Waals surface area contributed by atoms with Gasteiger partial charge in [-0.25, -0.2) is 4.79 Å². The number of nitrogens with zero attached hydrogens (tertiary/aromatic N) is 1. The average Bonchev–Trinajstić information content (AvgIpc) is 3.36. The molecule has 2 bridgehead atoms. The number of likely N-dealkylation sites (tertiary alicyclic amines) is 1. The van der Waals surface area contributed by atoms with Crippen LogP contribution in [0, 0.1) is 11.8 Å². The molecule has 0 radical (unpaired) electrons. The van der Waals surface area contributed by atoms with E-state index >= 15 is 0 Å². The Kier molecular flexibility index (Phi) is 8.24. The maximum absolute atomic E-state index is 13.7. The number of amides is 2. The third kappa shape index (κ3) is 5.65. The molecule has 0 saturated carbocycles. The van der Waals surface area contributed by atoms with Crippen molar-refractivity contribution < 1.29 is 33.4 Å². The Morgan fingerprint density at radius 3 is 1.68 bits per heavy atom. The fourth-order valence-corrected chi connectivity index (χ4v) is 7.43. The highest BCUT2D eigenvalue weighted by Gasteiger charge is 2.61. The molecule has 0 aromatic heterocycles. The number of ketones is 1. The number of carbonyl (C=O) groups is 5. The van der Waals surface area contributed by atoms with E-state index in [2.05, 4.69) is 24.3 Å². The van der Waals surface area contributed by atoms with Crippen LogP contribution in [0.15, 0.2) is 103 Å². The number of ether oxygens (including phenoxy) is 2. The number of rotatable bonds is 11. The summed E-state index contributed by atoms with van der Waals surface area (Å²) >= 11 is 0. The summed E-state index contributed by atoms with van der Waals surface area (Å²) < 4.78 is 10.5. The summed E-state index contributed by atoms with van der Waals surface area (Å²) in [6.07, 6.45) is 1.86. The highest BCUT2D eigenvalue weighted by atomic mass is 16.5. The quantitative estimate of drug-likeness (QED) is 0.0652. The van der Waals surface area contributed by atoms with E-state index in [0.29, 0.717) is 42.7 Å². The molecule has 47 heavy (non-hydrogen) atoms. The third-order valence-electron chi connectivity index (χ3n) is 9.56. The van der Waals surface area contributed by atoms with E-state index < -0.39 is 18.5 Å². The predicted molar refractivity (Wildman–Crippen MR) is 172 cm³/mol. The lowest BCUT2D eigenvalue weighted by Crippen LogP contribution is -2.41. The van der Waals surface area contributed by atoms with Gasteiger partial charge in [-0.15, -0.1) is 0 Å². The van der Waals surface area contributed by atoms with E-state index in [1.165, 1.54) is 29.2 Å². The molecule has 0 N–H and O–H groups in total. The van der Waals surface area contributed by atoms with Crippen LogP contribution in [0.25, 0.3) is 0 Å². The van der Waals surface area contributed by atoms with Gasteiger partial charge in [-0.2, -0.15) is 0 Å². The molecule has 1 heterocycles. The number of carbonyl (C=O) groups excluding carboxylic acids is 5. The Morgan fingerprint density at radius 1 is 0.596 bits per heavy atom. The topological polar surface area (TPSA) is 107 Å². The van der Waals surface area contributed by atoms with Gasteiger partial charge >= 0.3 is 11.9 Å². The fraction of sp³-hybridized carbons (Fsp3) is 0.256. The number of imide groups is 1. The summed E-state index contributed by atoms with van der Waals surface area (Å²) in [5.41, 5.74) is 5.35. The SMILES string of the molecule is O=C(CCCCCN1C(=O)[C@@H]2C3c4ccccc4C(c4ccccc43)[C@H]2C1=O)OCC(=O)c1ccc(OC(=O)c2ccccc2)cc1. The first-order chi connectivity index (χ1) is 22.9. The summed E-state index contributed by atoms with van der Waals surface area (Å²) in [4.78, 5) is 65.9. The molecule has 4 aromatic carbocycles. The third-order valence-corrected chi connectivity index (χ3v) is 9.56. The van der Waals surface area contributed by atoms with Crippen molar-refractivity contribution in [3.63, 3.8) is 0 Å². The molecule has 2 atom stereocenters. The number of benzene rings is 4. The minimum atomic E-state index is -0.501. The zero-order valence-electron chi connectivity index (χ0n) is 25.7. The van der Waals surface area contributed by atoms with Gasteiger partial charge in [-0.05, 0) is 71.5 Å². The fourth-order valence-electron chi connectivity index (χ4n) is 7.43. The van der Waals surface area contributed by atoms with Crippen molar-refractivity contribution in [3.8, 4) is 5.75 Å². The molecule has 8 rings (SSSR count). The Morgan fingerprint density at radius 2 is 1.13 bits per heavy atom. The van der Waals surface area contributed by atoms with Crippen LogP contribution in [-0.2, 0) is 19.1 Å². The van der Waals surface area contributed by atoms with Gasteiger partial charge in [0.2, 0.25) is 11.8 Å². The second-order valence-electron chi connectivity index (χ2n) is 12.3. The normalized spacial score (nSPS) is 20.3. The van der Waals surface area contributed by atoms with Crippen LogP contribution in [0.3, 0.4) is 0 Å². The standard InChI is InChI=1S/C39H33NO7/c41-31(24-18-20-26(21-19-24)47-39(45)25-11-3-1-4-12-25)23-46-32(42)17-5-2-10-22-40-37(43)35-33-27-13-6-7-14-28(27)34(36(35)38(40)44)30-16-9-8-15-29(30)33/h1,3-4,6-9,11-16,18-21,33-36H,2,5,10,17,22-23H2/t33?,34?,35-,36-/m1/s1. The van der Waals surface area contributed by atoms with Gasteiger partial charge in [0.25, 0.3) is 0 Å². The van der Waals surface area contributed by atoms with Crippen LogP contribution in [0.4, 0.5) is 0 Å². The largest absolute Gasteiger partial charge is 0.457 e. The minimum Gasteiger partial charge on any atom is -0.457 e. The van der Waals surface area contributed by atoms with Crippen molar-refractivity contribution in [1.29, 1.82) is 0 Å². The molecule has 0 unspecified atom stereocenters. The second-order valence-corrected chi connectivity index (χ2v) is 12.3. The van der Waals surface area contributed by atoms with Crippen molar-refractivity contribution >= 4 is 29.5 Å². The maximum atomic E-state index is 13.7. The smallest absolute Gasteiger partial charge is 0.343 e. The molecule has 1 fully saturated rings. The Balaban J connectivity index is 0.864. The lowest BCUT2D eigenvalue weighted by Gasteiger charge is -2.45. The average molecular weight is 628 g/mol. The highest BCUT2D eigenvalue weighted by molar-refractivity contribution is 6.07. The molecular formula is C39H33NO7. The van der Waals surface area contributed by atoms with E-state index in [4.69, 9.17) is 9.47 Å². The van der Waals surface area contributed by atoms with Gasteiger partial charge < -0.3 is 9.47 Å². The maximum Gasteiger partial charge on any atom is 0.343 e. The van der Waals surface area contributed by atoms with Gasteiger partial charge in [-0.3, -0.25) is 24.1 Å². The first kappa shape index (κ1) is 30.3.